The third kappa shape index (κ3) is 6.85. The summed E-state index contributed by atoms with van der Waals surface area (Å²) >= 11 is 0. The number of amides is 1. The summed E-state index contributed by atoms with van der Waals surface area (Å²) in [6.07, 6.45) is 1.14. The van der Waals surface area contributed by atoms with Crippen LogP contribution >= 0.6 is 0 Å². The molecule has 14 heavy (non-hydrogen) atoms. The average molecular weight is 222 g/mol. The lowest BCUT2D eigenvalue weighted by molar-refractivity contribution is -0.119. The van der Waals surface area contributed by atoms with Gasteiger partial charge in [0.15, 0.2) is 0 Å². The molecule has 0 spiro atoms. The largest absolute Gasteiger partial charge is 0.328 e. The molecular formula is C8H18N2O3S. The van der Waals surface area contributed by atoms with Crippen LogP contribution in [-0.4, -0.2) is 26.1 Å². The molecule has 0 rings (SSSR count). The fraction of sp³-hybridized carbons (Fsp3) is 0.875. The van der Waals surface area contributed by atoms with E-state index in [0.29, 0.717) is 12.8 Å². The standard InChI is InChI=1S/C8H18N2O3S/c1-3-6-14(12,13)10-8(11)5-4-7(2)9/h7H,3-6,9H2,1-2H3,(H,10,11). The maximum absolute atomic E-state index is 11.1. The number of hydrogen-bond donors (Lipinski definition) is 2. The van der Waals surface area contributed by atoms with Crippen molar-refractivity contribution in [3.05, 3.63) is 0 Å². The van der Waals surface area contributed by atoms with Crippen molar-refractivity contribution in [2.45, 2.75) is 39.2 Å². The van der Waals surface area contributed by atoms with Gasteiger partial charge in [-0.1, -0.05) is 6.92 Å². The number of nitrogens with two attached hydrogens (primary N) is 1. The zero-order valence-corrected chi connectivity index (χ0v) is 9.43. The van der Waals surface area contributed by atoms with E-state index in [1.165, 1.54) is 0 Å². The van der Waals surface area contributed by atoms with Crippen LogP contribution in [0.1, 0.15) is 33.1 Å². The monoisotopic (exact) mass is 222 g/mol. The van der Waals surface area contributed by atoms with E-state index in [0.717, 1.165) is 0 Å². The van der Waals surface area contributed by atoms with Crippen LogP contribution in [0, 0.1) is 0 Å². The minimum Gasteiger partial charge on any atom is -0.328 e. The highest BCUT2D eigenvalue weighted by molar-refractivity contribution is 7.90. The molecule has 0 aliphatic rings. The van der Waals surface area contributed by atoms with E-state index in [9.17, 15) is 13.2 Å². The summed E-state index contributed by atoms with van der Waals surface area (Å²) in [6.45, 7) is 3.51. The number of carbonyl (C=O) groups is 1. The van der Waals surface area contributed by atoms with Crippen molar-refractivity contribution in [1.29, 1.82) is 0 Å². The van der Waals surface area contributed by atoms with Gasteiger partial charge in [-0.3, -0.25) is 9.52 Å². The molecule has 0 aliphatic heterocycles. The van der Waals surface area contributed by atoms with Gasteiger partial charge in [0.05, 0.1) is 5.75 Å². The van der Waals surface area contributed by atoms with Crippen molar-refractivity contribution in [2.24, 2.45) is 5.73 Å². The highest BCUT2D eigenvalue weighted by Crippen LogP contribution is 1.95. The highest BCUT2D eigenvalue weighted by atomic mass is 32.2. The zero-order chi connectivity index (χ0) is 11.2. The summed E-state index contributed by atoms with van der Waals surface area (Å²) in [5, 5.41) is 0. The van der Waals surface area contributed by atoms with E-state index >= 15 is 0 Å². The Labute approximate surface area is 85.1 Å². The van der Waals surface area contributed by atoms with Gasteiger partial charge in [-0.25, -0.2) is 8.42 Å². The van der Waals surface area contributed by atoms with Crippen molar-refractivity contribution in [2.75, 3.05) is 5.75 Å². The smallest absolute Gasteiger partial charge is 0.234 e. The molecule has 0 radical (unpaired) electrons. The van der Waals surface area contributed by atoms with Crippen molar-refractivity contribution in [1.82, 2.24) is 4.72 Å². The predicted molar refractivity (Wildman–Crippen MR) is 55.1 cm³/mol. The van der Waals surface area contributed by atoms with Crippen molar-refractivity contribution in [3.8, 4) is 0 Å². The van der Waals surface area contributed by atoms with Crippen LogP contribution in [0.3, 0.4) is 0 Å². The maximum atomic E-state index is 11.1. The van der Waals surface area contributed by atoms with Crippen LogP contribution in [-0.2, 0) is 14.8 Å². The van der Waals surface area contributed by atoms with Crippen LogP contribution in [0.25, 0.3) is 0 Å². The lowest BCUT2D eigenvalue weighted by Crippen LogP contribution is -2.33. The van der Waals surface area contributed by atoms with Crippen LogP contribution < -0.4 is 10.5 Å². The zero-order valence-electron chi connectivity index (χ0n) is 8.62. The lowest BCUT2D eigenvalue weighted by Gasteiger charge is -2.06. The summed E-state index contributed by atoms with van der Waals surface area (Å²) in [7, 11) is -3.42. The molecule has 0 aromatic rings. The van der Waals surface area contributed by atoms with Gasteiger partial charge in [0.2, 0.25) is 15.9 Å². The Kier molecular flexibility index (Phi) is 5.71. The van der Waals surface area contributed by atoms with Gasteiger partial charge >= 0.3 is 0 Å². The van der Waals surface area contributed by atoms with E-state index in [1.54, 1.807) is 13.8 Å². The lowest BCUT2D eigenvalue weighted by atomic mass is 10.2. The van der Waals surface area contributed by atoms with Gasteiger partial charge in [-0.05, 0) is 19.8 Å². The molecule has 0 aromatic heterocycles. The first-order valence-corrected chi connectivity index (χ1v) is 6.31. The molecule has 0 aromatic carbocycles. The molecule has 0 aliphatic carbocycles. The van der Waals surface area contributed by atoms with Gasteiger partial charge < -0.3 is 5.73 Å². The first kappa shape index (κ1) is 13.4. The Morgan fingerprint density at radius 3 is 2.50 bits per heavy atom. The summed E-state index contributed by atoms with van der Waals surface area (Å²) in [5.74, 6) is -0.493. The predicted octanol–water partition coefficient (Wildman–Crippen LogP) is -0.0302. The van der Waals surface area contributed by atoms with Gasteiger partial charge in [-0.15, -0.1) is 0 Å². The first-order valence-electron chi connectivity index (χ1n) is 4.66. The Morgan fingerprint density at radius 1 is 1.50 bits per heavy atom. The second-order valence-corrected chi connectivity index (χ2v) is 5.20. The first-order chi connectivity index (χ1) is 6.37. The SMILES string of the molecule is CCCS(=O)(=O)NC(=O)CCC(C)N. The number of hydrogen-bond acceptors (Lipinski definition) is 4. The fourth-order valence-corrected chi connectivity index (χ4v) is 1.99. The number of rotatable bonds is 6. The molecule has 1 atom stereocenters. The molecule has 0 saturated carbocycles. The van der Waals surface area contributed by atoms with E-state index in [4.69, 9.17) is 5.73 Å². The minimum absolute atomic E-state index is 0.0169. The molecule has 0 fully saturated rings. The fourth-order valence-electron chi connectivity index (χ4n) is 0.903. The van der Waals surface area contributed by atoms with Gasteiger partial charge in [0, 0.05) is 12.5 Å². The minimum atomic E-state index is -3.42. The molecule has 3 N–H and O–H groups in total. The van der Waals surface area contributed by atoms with E-state index in [1.807, 2.05) is 4.72 Å². The summed E-state index contributed by atoms with van der Waals surface area (Å²) in [5.41, 5.74) is 5.43. The Bertz CT molecular complexity index is 272. The normalized spacial score (nSPS) is 13.6. The Balaban J connectivity index is 3.94. The summed E-state index contributed by atoms with van der Waals surface area (Å²) in [6, 6.07) is -0.0883. The molecular weight excluding hydrogens is 204 g/mol. The third-order valence-electron chi connectivity index (χ3n) is 1.57. The topological polar surface area (TPSA) is 89.3 Å². The third-order valence-corrected chi connectivity index (χ3v) is 3.05. The van der Waals surface area contributed by atoms with E-state index in [-0.39, 0.29) is 18.2 Å². The molecule has 1 amide bonds. The van der Waals surface area contributed by atoms with Crippen molar-refractivity contribution >= 4 is 15.9 Å². The maximum Gasteiger partial charge on any atom is 0.234 e. The molecule has 0 bridgehead atoms. The van der Waals surface area contributed by atoms with Crippen LogP contribution in [0.4, 0.5) is 0 Å². The highest BCUT2D eigenvalue weighted by Gasteiger charge is 2.13. The number of carbonyl (C=O) groups excluding carboxylic acids is 1. The molecule has 5 nitrogen and oxygen atoms in total. The van der Waals surface area contributed by atoms with Gasteiger partial charge in [-0.2, -0.15) is 0 Å². The molecule has 0 heterocycles. The Morgan fingerprint density at radius 2 is 2.07 bits per heavy atom. The van der Waals surface area contributed by atoms with Crippen molar-refractivity contribution < 1.29 is 13.2 Å². The number of sulfonamides is 1. The van der Waals surface area contributed by atoms with Gasteiger partial charge in [0.25, 0.3) is 0 Å². The van der Waals surface area contributed by atoms with Crippen molar-refractivity contribution in [3.63, 3.8) is 0 Å². The molecule has 0 saturated heterocycles. The summed E-state index contributed by atoms with van der Waals surface area (Å²) < 4.78 is 24.2. The van der Waals surface area contributed by atoms with Gasteiger partial charge in [0.1, 0.15) is 0 Å². The second-order valence-electron chi connectivity index (χ2n) is 3.36. The molecule has 6 heteroatoms. The second kappa shape index (κ2) is 5.98. The van der Waals surface area contributed by atoms with Crippen LogP contribution in [0.15, 0.2) is 0 Å². The Hall–Kier alpha value is -0.620. The van der Waals surface area contributed by atoms with E-state index < -0.39 is 15.9 Å². The molecule has 84 valence electrons. The van der Waals surface area contributed by atoms with Crippen LogP contribution in [0.2, 0.25) is 0 Å². The molecule has 1 unspecified atom stereocenters. The average Bonchev–Trinajstić information content (AvgIpc) is 1.99. The van der Waals surface area contributed by atoms with Crippen LogP contribution in [0.5, 0.6) is 0 Å². The van der Waals surface area contributed by atoms with E-state index in [2.05, 4.69) is 0 Å². The quantitative estimate of drug-likeness (QED) is 0.660. The number of nitrogens with one attached hydrogen (secondary N) is 1. The summed E-state index contributed by atoms with van der Waals surface area (Å²) in [4.78, 5) is 11.1.